The van der Waals surface area contributed by atoms with Crippen LogP contribution < -0.4 is 5.32 Å². The first-order valence-electron chi connectivity index (χ1n) is 6.45. The summed E-state index contributed by atoms with van der Waals surface area (Å²) in [7, 11) is 0. The predicted octanol–water partition coefficient (Wildman–Crippen LogP) is 3.25. The molecule has 1 aromatic heterocycles. The van der Waals surface area contributed by atoms with E-state index in [0.29, 0.717) is 11.5 Å². The molecule has 17 heavy (non-hydrogen) atoms. The summed E-state index contributed by atoms with van der Waals surface area (Å²) in [4.78, 5) is 0. The molecule has 0 aromatic carbocycles. The Labute approximate surface area is 105 Å². The highest BCUT2D eigenvalue weighted by Crippen LogP contribution is 2.18. The fourth-order valence-corrected chi connectivity index (χ4v) is 1.87. The van der Waals surface area contributed by atoms with Crippen molar-refractivity contribution >= 4 is 0 Å². The zero-order valence-corrected chi connectivity index (χ0v) is 12.1. The van der Waals surface area contributed by atoms with Gasteiger partial charge in [-0.1, -0.05) is 25.9 Å². The summed E-state index contributed by atoms with van der Waals surface area (Å²) in [6.45, 7) is 14.1. The molecule has 0 aliphatic carbocycles. The molecule has 0 saturated heterocycles. The van der Waals surface area contributed by atoms with Crippen LogP contribution in [-0.4, -0.2) is 17.7 Å². The van der Waals surface area contributed by atoms with Crippen molar-refractivity contribution in [1.82, 2.24) is 10.5 Å². The Morgan fingerprint density at radius 2 is 1.94 bits per heavy atom. The van der Waals surface area contributed by atoms with Gasteiger partial charge in [-0.3, -0.25) is 0 Å². The van der Waals surface area contributed by atoms with Crippen LogP contribution >= 0.6 is 0 Å². The molecule has 1 atom stereocenters. The monoisotopic (exact) mass is 238 g/mol. The van der Waals surface area contributed by atoms with Gasteiger partial charge in [0.2, 0.25) is 0 Å². The van der Waals surface area contributed by atoms with E-state index in [-0.39, 0.29) is 0 Å². The van der Waals surface area contributed by atoms with E-state index in [2.05, 4.69) is 38.2 Å². The topological polar surface area (TPSA) is 38.1 Å². The van der Waals surface area contributed by atoms with Crippen molar-refractivity contribution in [3.05, 3.63) is 17.0 Å². The molecule has 1 aromatic rings. The second-order valence-electron chi connectivity index (χ2n) is 6.17. The van der Waals surface area contributed by atoms with Gasteiger partial charge in [-0.25, -0.2) is 0 Å². The van der Waals surface area contributed by atoms with Crippen molar-refractivity contribution in [1.29, 1.82) is 0 Å². The van der Waals surface area contributed by atoms with Gasteiger partial charge in [-0.15, -0.1) is 0 Å². The first-order chi connectivity index (χ1) is 7.79. The van der Waals surface area contributed by atoms with Crippen LogP contribution in [0.25, 0.3) is 0 Å². The lowest BCUT2D eigenvalue weighted by Gasteiger charge is -2.20. The summed E-state index contributed by atoms with van der Waals surface area (Å²) >= 11 is 0. The van der Waals surface area contributed by atoms with Crippen LogP contribution in [0.1, 0.15) is 51.1 Å². The number of rotatable bonds is 5. The minimum absolute atomic E-state index is 0.399. The van der Waals surface area contributed by atoms with E-state index >= 15 is 0 Å². The summed E-state index contributed by atoms with van der Waals surface area (Å²) in [5.41, 5.74) is 2.67. The fourth-order valence-electron chi connectivity index (χ4n) is 1.87. The molecule has 0 aliphatic rings. The molecule has 0 bridgehead atoms. The lowest BCUT2D eigenvalue weighted by atomic mass is 9.92. The van der Waals surface area contributed by atoms with Gasteiger partial charge in [0.1, 0.15) is 5.76 Å². The van der Waals surface area contributed by atoms with Crippen LogP contribution in [-0.2, 0) is 6.42 Å². The Kier molecular flexibility index (Phi) is 4.75. The number of aryl methyl sites for hydroxylation is 2. The Bertz CT molecular complexity index is 330. The van der Waals surface area contributed by atoms with Gasteiger partial charge in [-0.2, -0.15) is 0 Å². The highest BCUT2D eigenvalue weighted by atomic mass is 16.5. The molecular formula is C14H26N2O. The maximum absolute atomic E-state index is 5.18. The van der Waals surface area contributed by atoms with Gasteiger partial charge in [0, 0.05) is 11.6 Å². The number of hydrogen-bond acceptors (Lipinski definition) is 3. The van der Waals surface area contributed by atoms with Gasteiger partial charge in [-0.05, 0) is 45.6 Å². The zero-order valence-electron chi connectivity index (χ0n) is 12.1. The maximum Gasteiger partial charge on any atom is 0.137 e. The van der Waals surface area contributed by atoms with Crippen molar-refractivity contribution in [2.45, 2.75) is 60.4 Å². The lowest BCUT2D eigenvalue weighted by Crippen LogP contribution is -2.31. The first-order valence-corrected chi connectivity index (χ1v) is 6.45. The summed E-state index contributed by atoms with van der Waals surface area (Å²) in [5, 5.41) is 7.55. The maximum atomic E-state index is 5.18. The van der Waals surface area contributed by atoms with Crippen molar-refractivity contribution in [2.75, 3.05) is 6.54 Å². The van der Waals surface area contributed by atoms with Gasteiger partial charge in [0.25, 0.3) is 0 Å². The Morgan fingerprint density at radius 1 is 1.29 bits per heavy atom. The fraction of sp³-hybridized carbons (Fsp3) is 0.786. The van der Waals surface area contributed by atoms with Crippen LogP contribution in [0.5, 0.6) is 0 Å². The van der Waals surface area contributed by atoms with Gasteiger partial charge in [0.15, 0.2) is 0 Å². The Balaban J connectivity index is 2.38. The molecule has 0 fully saturated rings. The van der Waals surface area contributed by atoms with E-state index < -0.39 is 0 Å². The van der Waals surface area contributed by atoms with Gasteiger partial charge in [0.05, 0.1) is 5.69 Å². The normalized spacial score (nSPS) is 14.0. The summed E-state index contributed by atoms with van der Waals surface area (Å²) in [6, 6.07) is 0.467. The van der Waals surface area contributed by atoms with E-state index in [1.165, 1.54) is 12.0 Å². The van der Waals surface area contributed by atoms with E-state index in [1.54, 1.807) is 0 Å². The largest absolute Gasteiger partial charge is 0.361 e. The van der Waals surface area contributed by atoms with Crippen LogP contribution in [0.2, 0.25) is 0 Å². The third kappa shape index (κ3) is 4.90. The van der Waals surface area contributed by atoms with E-state index in [4.69, 9.17) is 4.52 Å². The SMILES string of the molecule is Cc1noc(C)c1C[C@@H](C)NCCC(C)(C)C. The molecule has 1 heterocycles. The number of aromatic nitrogens is 1. The molecule has 0 unspecified atom stereocenters. The molecule has 3 heteroatoms. The summed E-state index contributed by atoms with van der Waals surface area (Å²) in [6.07, 6.45) is 2.18. The quantitative estimate of drug-likeness (QED) is 0.855. The van der Waals surface area contributed by atoms with Crippen molar-refractivity contribution in [3.63, 3.8) is 0 Å². The molecule has 0 aliphatic heterocycles. The van der Waals surface area contributed by atoms with Crippen molar-refractivity contribution in [2.24, 2.45) is 5.41 Å². The smallest absolute Gasteiger partial charge is 0.137 e. The van der Waals surface area contributed by atoms with E-state index in [0.717, 1.165) is 24.4 Å². The minimum Gasteiger partial charge on any atom is -0.361 e. The summed E-state index contributed by atoms with van der Waals surface area (Å²) in [5.74, 6) is 0.951. The number of hydrogen-bond donors (Lipinski definition) is 1. The molecule has 1 rings (SSSR count). The highest BCUT2D eigenvalue weighted by Gasteiger charge is 2.14. The molecule has 0 amide bonds. The lowest BCUT2D eigenvalue weighted by molar-refractivity contribution is 0.355. The average molecular weight is 238 g/mol. The first kappa shape index (κ1) is 14.2. The molecule has 0 saturated carbocycles. The van der Waals surface area contributed by atoms with Crippen molar-refractivity contribution < 1.29 is 4.52 Å². The number of nitrogens with one attached hydrogen (secondary N) is 1. The van der Waals surface area contributed by atoms with Crippen molar-refractivity contribution in [3.8, 4) is 0 Å². The predicted molar refractivity (Wildman–Crippen MR) is 71.2 cm³/mol. The molecular weight excluding hydrogens is 212 g/mol. The standard InChI is InChI=1S/C14H26N2O/c1-10(15-8-7-14(4,5)6)9-13-11(2)16-17-12(13)3/h10,15H,7-9H2,1-6H3/t10-/m1/s1. The zero-order chi connectivity index (χ0) is 13.1. The van der Waals surface area contributed by atoms with Crippen LogP contribution in [0, 0.1) is 19.3 Å². The van der Waals surface area contributed by atoms with Crippen LogP contribution in [0.15, 0.2) is 4.52 Å². The molecule has 98 valence electrons. The molecule has 0 radical (unpaired) electrons. The molecule has 1 N–H and O–H groups in total. The van der Waals surface area contributed by atoms with Crippen LogP contribution in [0.3, 0.4) is 0 Å². The van der Waals surface area contributed by atoms with Gasteiger partial charge >= 0.3 is 0 Å². The highest BCUT2D eigenvalue weighted by molar-refractivity contribution is 5.21. The Hall–Kier alpha value is -0.830. The molecule has 0 spiro atoms. The number of nitrogens with zero attached hydrogens (tertiary/aromatic N) is 1. The molecule has 3 nitrogen and oxygen atoms in total. The van der Waals surface area contributed by atoms with E-state index in [1.807, 2.05) is 13.8 Å². The van der Waals surface area contributed by atoms with Crippen LogP contribution in [0.4, 0.5) is 0 Å². The minimum atomic E-state index is 0.399. The second kappa shape index (κ2) is 5.67. The third-order valence-corrected chi connectivity index (χ3v) is 3.06. The van der Waals surface area contributed by atoms with Gasteiger partial charge < -0.3 is 9.84 Å². The second-order valence-corrected chi connectivity index (χ2v) is 6.17. The average Bonchev–Trinajstić information content (AvgIpc) is 2.47. The summed E-state index contributed by atoms with van der Waals surface area (Å²) < 4.78 is 5.18. The third-order valence-electron chi connectivity index (χ3n) is 3.06. The van der Waals surface area contributed by atoms with E-state index in [9.17, 15) is 0 Å². The Morgan fingerprint density at radius 3 is 2.41 bits per heavy atom.